The van der Waals surface area contributed by atoms with Crippen LogP contribution >= 0.6 is 0 Å². The molecule has 1 N–H and O–H groups in total. The number of fused-ring (bicyclic) bond motifs is 1. The van der Waals surface area contributed by atoms with Gasteiger partial charge in [-0.1, -0.05) is 35.4 Å². The molecule has 0 saturated carbocycles. The summed E-state index contributed by atoms with van der Waals surface area (Å²) in [5.74, 6) is 1.36. The van der Waals surface area contributed by atoms with Crippen LogP contribution in [0.25, 0.3) is 0 Å². The summed E-state index contributed by atoms with van der Waals surface area (Å²) in [6.45, 7) is -2.89. The number of methoxy groups -OCH3 is 1. The Balaban J connectivity index is 1.69. The fourth-order valence-corrected chi connectivity index (χ4v) is 3.32. The first-order valence-corrected chi connectivity index (χ1v) is 8.38. The second kappa shape index (κ2) is 7.18. The molecule has 3 aromatic rings. The summed E-state index contributed by atoms with van der Waals surface area (Å²) >= 11 is 0. The number of tetrazole rings is 1. The third-order valence-electron chi connectivity index (χ3n) is 4.56. The van der Waals surface area contributed by atoms with Crippen LogP contribution in [0.2, 0.25) is 0 Å². The van der Waals surface area contributed by atoms with E-state index in [2.05, 4.69) is 20.8 Å². The molecule has 140 valence electrons. The molecule has 2 heterocycles. The Bertz CT molecular complexity index is 916. The number of hydrogen-bond acceptors (Lipinski definition) is 6. The molecule has 27 heavy (non-hydrogen) atoms. The van der Waals surface area contributed by atoms with Crippen LogP contribution in [0.15, 0.2) is 48.5 Å². The van der Waals surface area contributed by atoms with Crippen molar-refractivity contribution in [2.24, 2.45) is 0 Å². The maximum absolute atomic E-state index is 12.8. The van der Waals surface area contributed by atoms with Gasteiger partial charge in [-0.2, -0.15) is 8.78 Å². The highest BCUT2D eigenvalue weighted by Crippen LogP contribution is 2.40. The van der Waals surface area contributed by atoms with E-state index in [4.69, 9.17) is 9.47 Å². The third kappa shape index (κ3) is 3.40. The summed E-state index contributed by atoms with van der Waals surface area (Å²) in [5.41, 5.74) is 1.62. The SMILES string of the molecule is COc1ccc(C2CC(c3ccccc3OC(F)F)Nc3nnnn32)cc1. The molecule has 2 unspecified atom stereocenters. The summed E-state index contributed by atoms with van der Waals surface area (Å²) in [6.07, 6.45) is 0.563. The summed E-state index contributed by atoms with van der Waals surface area (Å²) in [4.78, 5) is 0. The quantitative estimate of drug-likeness (QED) is 0.739. The van der Waals surface area contributed by atoms with Crippen molar-refractivity contribution in [2.75, 3.05) is 12.4 Å². The van der Waals surface area contributed by atoms with E-state index in [0.717, 1.165) is 11.3 Å². The van der Waals surface area contributed by atoms with Crippen LogP contribution in [0.5, 0.6) is 11.5 Å². The van der Waals surface area contributed by atoms with Gasteiger partial charge in [-0.3, -0.25) is 0 Å². The molecule has 1 aliphatic heterocycles. The van der Waals surface area contributed by atoms with Crippen LogP contribution in [0.3, 0.4) is 0 Å². The van der Waals surface area contributed by atoms with Gasteiger partial charge in [-0.05, 0) is 40.6 Å². The van der Waals surface area contributed by atoms with Crippen molar-refractivity contribution in [3.8, 4) is 11.5 Å². The lowest BCUT2D eigenvalue weighted by Crippen LogP contribution is -2.28. The third-order valence-corrected chi connectivity index (χ3v) is 4.56. The fraction of sp³-hybridized carbons (Fsp3) is 0.278. The average molecular weight is 373 g/mol. The zero-order chi connectivity index (χ0) is 18.8. The maximum Gasteiger partial charge on any atom is 0.387 e. The molecule has 0 fully saturated rings. The molecule has 2 atom stereocenters. The van der Waals surface area contributed by atoms with Crippen LogP contribution in [0.1, 0.15) is 29.6 Å². The monoisotopic (exact) mass is 373 g/mol. The van der Waals surface area contributed by atoms with Crippen molar-refractivity contribution in [1.29, 1.82) is 0 Å². The highest BCUT2D eigenvalue weighted by atomic mass is 19.3. The molecule has 9 heteroatoms. The molecular formula is C18H17F2N5O2. The summed E-state index contributed by atoms with van der Waals surface area (Å²) in [6, 6.07) is 13.9. The molecule has 0 radical (unpaired) electrons. The molecule has 0 saturated heterocycles. The lowest BCUT2D eigenvalue weighted by Gasteiger charge is -2.31. The number of rotatable bonds is 5. The topological polar surface area (TPSA) is 74.1 Å². The molecule has 0 amide bonds. The smallest absolute Gasteiger partial charge is 0.387 e. The first-order valence-electron chi connectivity index (χ1n) is 8.38. The van der Waals surface area contributed by atoms with Crippen molar-refractivity contribution < 1.29 is 18.3 Å². The molecule has 2 aromatic carbocycles. The van der Waals surface area contributed by atoms with Crippen LogP contribution in [-0.2, 0) is 0 Å². The van der Waals surface area contributed by atoms with Crippen LogP contribution in [0.4, 0.5) is 14.7 Å². The summed E-state index contributed by atoms with van der Waals surface area (Å²) in [7, 11) is 1.61. The zero-order valence-electron chi connectivity index (χ0n) is 14.4. The van der Waals surface area contributed by atoms with Gasteiger partial charge in [0.05, 0.1) is 19.2 Å². The molecule has 0 bridgehead atoms. The fourth-order valence-electron chi connectivity index (χ4n) is 3.32. The molecule has 0 spiro atoms. The van der Waals surface area contributed by atoms with Crippen molar-refractivity contribution in [3.63, 3.8) is 0 Å². The van der Waals surface area contributed by atoms with Gasteiger partial charge in [0, 0.05) is 5.56 Å². The van der Waals surface area contributed by atoms with Gasteiger partial charge in [0.15, 0.2) is 0 Å². The Hall–Kier alpha value is -3.23. The van der Waals surface area contributed by atoms with Crippen LogP contribution in [0, 0.1) is 0 Å². The number of hydrogen-bond donors (Lipinski definition) is 1. The van der Waals surface area contributed by atoms with Crippen LogP contribution < -0.4 is 14.8 Å². The Morgan fingerprint density at radius 2 is 1.93 bits per heavy atom. The molecular weight excluding hydrogens is 356 g/mol. The van der Waals surface area contributed by atoms with E-state index in [1.54, 1.807) is 30.0 Å². The standard InChI is InChI=1S/C18H17F2N5O2/c1-26-12-8-6-11(7-9-12)15-10-14(21-18-22-23-24-25(15)18)13-4-2-3-5-16(13)27-17(19)20/h2-9,14-15,17H,10H2,1H3,(H,21,22,24). The van der Waals surface area contributed by atoms with E-state index in [9.17, 15) is 8.78 Å². The number of para-hydroxylation sites is 1. The second-order valence-corrected chi connectivity index (χ2v) is 6.08. The number of ether oxygens (including phenoxy) is 2. The average Bonchev–Trinajstić information content (AvgIpc) is 3.16. The highest BCUT2D eigenvalue weighted by molar-refractivity contribution is 5.44. The van der Waals surface area contributed by atoms with E-state index in [-0.39, 0.29) is 17.8 Å². The lowest BCUT2D eigenvalue weighted by atomic mass is 9.93. The first-order chi connectivity index (χ1) is 13.2. The zero-order valence-corrected chi connectivity index (χ0v) is 14.4. The number of nitrogens with zero attached hydrogens (tertiary/aromatic N) is 4. The van der Waals surface area contributed by atoms with Crippen LogP contribution in [-0.4, -0.2) is 33.9 Å². The van der Waals surface area contributed by atoms with Gasteiger partial charge in [-0.25, -0.2) is 4.68 Å². The lowest BCUT2D eigenvalue weighted by molar-refractivity contribution is -0.0506. The molecule has 4 rings (SSSR count). The van der Waals surface area contributed by atoms with Gasteiger partial charge in [0.1, 0.15) is 11.5 Å². The molecule has 1 aromatic heterocycles. The Labute approximate surface area is 153 Å². The number of alkyl halides is 2. The number of benzene rings is 2. The maximum atomic E-state index is 12.8. The molecule has 7 nitrogen and oxygen atoms in total. The largest absolute Gasteiger partial charge is 0.497 e. The van der Waals surface area contributed by atoms with Gasteiger partial charge in [0.2, 0.25) is 5.95 Å². The van der Waals surface area contributed by atoms with Crippen molar-refractivity contribution >= 4 is 5.95 Å². The predicted molar refractivity (Wildman–Crippen MR) is 93.0 cm³/mol. The number of nitrogens with one attached hydrogen (secondary N) is 1. The molecule has 0 aliphatic carbocycles. The minimum Gasteiger partial charge on any atom is -0.497 e. The Morgan fingerprint density at radius 1 is 1.15 bits per heavy atom. The van der Waals surface area contributed by atoms with E-state index < -0.39 is 6.61 Å². The van der Waals surface area contributed by atoms with Crippen molar-refractivity contribution in [2.45, 2.75) is 25.1 Å². The van der Waals surface area contributed by atoms with Crippen molar-refractivity contribution in [1.82, 2.24) is 20.2 Å². The Morgan fingerprint density at radius 3 is 2.67 bits per heavy atom. The normalized spacial score (nSPS) is 18.7. The van der Waals surface area contributed by atoms with E-state index in [1.165, 1.54) is 6.07 Å². The van der Waals surface area contributed by atoms with Gasteiger partial charge >= 0.3 is 6.61 Å². The summed E-state index contributed by atoms with van der Waals surface area (Å²) in [5, 5.41) is 15.0. The minimum absolute atomic E-state index is 0.138. The number of aromatic nitrogens is 4. The highest BCUT2D eigenvalue weighted by Gasteiger charge is 2.32. The number of anilines is 1. The first kappa shape index (κ1) is 17.2. The van der Waals surface area contributed by atoms with E-state index in [1.807, 2.05) is 24.3 Å². The number of halogens is 2. The van der Waals surface area contributed by atoms with E-state index >= 15 is 0 Å². The van der Waals surface area contributed by atoms with Crippen molar-refractivity contribution in [3.05, 3.63) is 59.7 Å². The van der Waals surface area contributed by atoms with E-state index in [0.29, 0.717) is 17.9 Å². The summed E-state index contributed by atoms with van der Waals surface area (Å²) < 4.78 is 37.1. The Kier molecular flexibility index (Phi) is 4.57. The second-order valence-electron chi connectivity index (χ2n) is 6.08. The minimum atomic E-state index is -2.89. The predicted octanol–water partition coefficient (Wildman–Crippen LogP) is 3.43. The van der Waals surface area contributed by atoms with Gasteiger partial charge < -0.3 is 14.8 Å². The van der Waals surface area contributed by atoms with Gasteiger partial charge in [0.25, 0.3) is 0 Å². The van der Waals surface area contributed by atoms with Gasteiger partial charge in [-0.15, -0.1) is 0 Å². The molecule has 1 aliphatic rings.